The highest BCUT2D eigenvalue weighted by molar-refractivity contribution is 5.82. The van der Waals surface area contributed by atoms with Crippen LogP contribution in [0.5, 0.6) is 0 Å². The molecule has 1 saturated carbocycles. The maximum atomic E-state index is 13.0. The van der Waals surface area contributed by atoms with Crippen LogP contribution in [0.1, 0.15) is 44.1 Å². The molecule has 4 rings (SSSR count). The number of hydrogen-bond donors (Lipinski definition) is 0. The van der Waals surface area contributed by atoms with Gasteiger partial charge in [0.1, 0.15) is 0 Å². The summed E-state index contributed by atoms with van der Waals surface area (Å²) < 4.78 is 0. The van der Waals surface area contributed by atoms with E-state index in [0.717, 1.165) is 19.4 Å². The summed E-state index contributed by atoms with van der Waals surface area (Å²) in [4.78, 5) is 15.2. The van der Waals surface area contributed by atoms with Gasteiger partial charge in [-0.25, -0.2) is 0 Å². The number of carbonyl (C=O) groups excluding carboxylic acids is 1. The molecule has 0 aromatic heterocycles. The Morgan fingerprint density at radius 3 is 2.36 bits per heavy atom. The Morgan fingerprint density at radius 1 is 0.840 bits per heavy atom. The van der Waals surface area contributed by atoms with Crippen LogP contribution >= 0.6 is 0 Å². The summed E-state index contributed by atoms with van der Waals surface area (Å²) in [6, 6.07) is 19.6. The van der Waals surface area contributed by atoms with E-state index in [4.69, 9.17) is 0 Å². The molecule has 130 valence electrons. The molecule has 25 heavy (non-hydrogen) atoms. The molecule has 1 saturated heterocycles. The van der Waals surface area contributed by atoms with Crippen LogP contribution in [0, 0.1) is 5.92 Å². The molecule has 1 heterocycles. The average molecular weight is 333 g/mol. The van der Waals surface area contributed by atoms with Gasteiger partial charge in [-0.2, -0.15) is 0 Å². The van der Waals surface area contributed by atoms with Crippen molar-refractivity contribution in [1.29, 1.82) is 0 Å². The number of hydrogen-bond acceptors (Lipinski definition) is 1. The summed E-state index contributed by atoms with van der Waals surface area (Å²) in [6.07, 6.45) is 8.21. The van der Waals surface area contributed by atoms with Crippen LogP contribution in [0.2, 0.25) is 0 Å². The van der Waals surface area contributed by atoms with E-state index < -0.39 is 0 Å². The third-order valence-electron chi connectivity index (χ3n) is 5.93. The fraction of sp³-hybridized carbons (Fsp3) is 0.435. The normalized spacial score (nSPS) is 21.7. The van der Waals surface area contributed by atoms with E-state index in [9.17, 15) is 4.79 Å². The van der Waals surface area contributed by atoms with E-state index >= 15 is 0 Å². The molecule has 2 aromatic rings. The van der Waals surface area contributed by atoms with Gasteiger partial charge in [0.05, 0.1) is 0 Å². The zero-order valence-corrected chi connectivity index (χ0v) is 14.9. The molecule has 0 bridgehead atoms. The van der Waals surface area contributed by atoms with Crippen molar-refractivity contribution in [3.63, 3.8) is 0 Å². The zero-order valence-electron chi connectivity index (χ0n) is 14.9. The van der Waals surface area contributed by atoms with Gasteiger partial charge < -0.3 is 4.90 Å². The van der Waals surface area contributed by atoms with Crippen LogP contribution in [0.25, 0.3) is 11.1 Å². The van der Waals surface area contributed by atoms with Gasteiger partial charge >= 0.3 is 0 Å². The highest BCUT2D eigenvalue weighted by atomic mass is 16.2. The van der Waals surface area contributed by atoms with E-state index in [0.29, 0.717) is 11.9 Å². The molecule has 2 fully saturated rings. The van der Waals surface area contributed by atoms with Crippen molar-refractivity contribution >= 4 is 5.91 Å². The van der Waals surface area contributed by atoms with Gasteiger partial charge in [0.2, 0.25) is 5.91 Å². The molecule has 2 aliphatic rings. The fourth-order valence-corrected chi connectivity index (χ4v) is 4.57. The van der Waals surface area contributed by atoms with Crippen molar-refractivity contribution in [2.75, 3.05) is 6.54 Å². The highest BCUT2D eigenvalue weighted by Gasteiger charge is 2.36. The number of likely N-dealkylation sites (tertiary alicyclic amines) is 1. The molecular weight excluding hydrogens is 306 g/mol. The molecule has 0 N–H and O–H groups in total. The molecule has 2 aromatic carbocycles. The van der Waals surface area contributed by atoms with Gasteiger partial charge in [-0.05, 0) is 42.4 Å². The third-order valence-corrected chi connectivity index (χ3v) is 5.93. The maximum absolute atomic E-state index is 13.0. The van der Waals surface area contributed by atoms with Crippen LogP contribution in [0.4, 0.5) is 0 Å². The van der Waals surface area contributed by atoms with E-state index in [1.165, 1.54) is 48.8 Å². The summed E-state index contributed by atoms with van der Waals surface area (Å²) in [5.74, 6) is 0.557. The number of amides is 1. The Bertz CT molecular complexity index is 718. The SMILES string of the molecule is O=C1C(Cc2ccccc2-c2ccccc2)CCN1C1CCCCC1. The molecule has 1 atom stereocenters. The first-order chi connectivity index (χ1) is 12.3. The van der Waals surface area contributed by atoms with Gasteiger partial charge in [-0.15, -0.1) is 0 Å². The molecule has 1 aliphatic carbocycles. The van der Waals surface area contributed by atoms with E-state index in [2.05, 4.69) is 59.5 Å². The van der Waals surface area contributed by atoms with Crippen LogP contribution in [-0.2, 0) is 11.2 Å². The Labute approximate surface area is 150 Å². The quantitative estimate of drug-likeness (QED) is 0.764. The van der Waals surface area contributed by atoms with Crippen molar-refractivity contribution in [1.82, 2.24) is 4.90 Å². The van der Waals surface area contributed by atoms with Gasteiger partial charge in [0, 0.05) is 18.5 Å². The van der Waals surface area contributed by atoms with Crippen molar-refractivity contribution in [3.8, 4) is 11.1 Å². The Balaban J connectivity index is 1.51. The molecular formula is C23H27NO. The maximum Gasteiger partial charge on any atom is 0.226 e. The van der Waals surface area contributed by atoms with Crippen molar-refractivity contribution < 1.29 is 4.79 Å². The minimum Gasteiger partial charge on any atom is -0.339 e. The minimum atomic E-state index is 0.159. The zero-order chi connectivity index (χ0) is 17.1. The lowest BCUT2D eigenvalue weighted by molar-refractivity contribution is -0.133. The molecule has 0 spiro atoms. The summed E-state index contributed by atoms with van der Waals surface area (Å²) >= 11 is 0. The summed E-state index contributed by atoms with van der Waals surface area (Å²) in [7, 11) is 0. The summed E-state index contributed by atoms with van der Waals surface area (Å²) in [5.41, 5.74) is 3.82. The lowest BCUT2D eigenvalue weighted by Gasteiger charge is -2.31. The van der Waals surface area contributed by atoms with Crippen molar-refractivity contribution in [2.45, 2.75) is 51.0 Å². The van der Waals surface area contributed by atoms with E-state index in [1.807, 2.05) is 0 Å². The van der Waals surface area contributed by atoms with Crippen LogP contribution < -0.4 is 0 Å². The van der Waals surface area contributed by atoms with Crippen LogP contribution in [0.15, 0.2) is 54.6 Å². The first-order valence-corrected chi connectivity index (χ1v) is 9.77. The second kappa shape index (κ2) is 7.43. The highest BCUT2D eigenvalue weighted by Crippen LogP contribution is 2.32. The number of nitrogens with zero attached hydrogens (tertiary/aromatic N) is 1. The standard InChI is InChI=1S/C23H27NO/c25-23-20(15-16-24(23)21-12-5-2-6-13-21)17-19-11-7-8-14-22(19)18-9-3-1-4-10-18/h1,3-4,7-11,14,20-21H,2,5-6,12-13,15-17H2. The molecule has 1 amide bonds. The monoisotopic (exact) mass is 333 g/mol. The predicted molar refractivity (Wildman–Crippen MR) is 102 cm³/mol. The second-order valence-electron chi connectivity index (χ2n) is 7.54. The molecule has 1 aliphatic heterocycles. The van der Waals surface area contributed by atoms with Crippen molar-refractivity contribution in [2.24, 2.45) is 5.92 Å². The van der Waals surface area contributed by atoms with Crippen LogP contribution in [0.3, 0.4) is 0 Å². The Hall–Kier alpha value is -2.09. The lowest BCUT2D eigenvalue weighted by Crippen LogP contribution is -2.39. The first kappa shape index (κ1) is 16.4. The minimum absolute atomic E-state index is 0.159. The first-order valence-electron chi connectivity index (χ1n) is 9.77. The van der Waals surface area contributed by atoms with E-state index in [-0.39, 0.29) is 5.92 Å². The molecule has 2 nitrogen and oxygen atoms in total. The van der Waals surface area contributed by atoms with Gasteiger partial charge in [0.15, 0.2) is 0 Å². The van der Waals surface area contributed by atoms with Gasteiger partial charge in [-0.3, -0.25) is 4.79 Å². The molecule has 1 unspecified atom stereocenters. The fourth-order valence-electron chi connectivity index (χ4n) is 4.57. The van der Waals surface area contributed by atoms with Crippen molar-refractivity contribution in [3.05, 3.63) is 60.2 Å². The number of rotatable bonds is 4. The summed E-state index contributed by atoms with van der Waals surface area (Å²) in [6.45, 7) is 0.960. The molecule has 2 heteroatoms. The molecule has 0 radical (unpaired) electrons. The largest absolute Gasteiger partial charge is 0.339 e. The second-order valence-corrected chi connectivity index (χ2v) is 7.54. The van der Waals surface area contributed by atoms with Gasteiger partial charge in [-0.1, -0.05) is 73.9 Å². The van der Waals surface area contributed by atoms with Gasteiger partial charge in [0.25, 0.3) is 0 Å². The lowest BCUT2D eigenvalue weighted by atomic mass is 9.91. The van der Waals surface area contributed by atoms with Crippen LogP contribution in [-0.4, -0.2) is 23.4 Å². The Morgan fingerprint density at radius 2 is 1.56 bits per heavy atom. The average Bonchev–Trinajstić information content (AvgIpc) is 3.04. The Kier molecular flexibility index (Phi) is 4.87. The number of benzene rings is 2. The van der Waals surface area contributed by atoms with E-state index in [1.54, 1.807) is 0 Å². The predicted octanol–water partition coefficient (Wildman–Crippen LogP) is 5.08. The number of carbonyl (C=O) groups is 1. The third kappa shape index (κ3) is 3.49. The topological polar surface area (TPSA) is 20.3 Å². The smallest absolute Gasteiger partial charge is 0.226 e. The summed E-state index contributed by atoms with van der Waals surface area (Å²) in [5, 5.41) is 0.